The van der Waals surface area contributed by atoms with Crippen LogP contribution in [0.1, 0.15) is 18.4 Å². The molecule has 0 spiro atoms. The number of carbonyl (C=O) groups is 1. The SMILES string of the molecule is N#Cc1cnnc(NC2(C(=O)O)CC2)c1. The monoisotopic (exact) mass is 204 g/mol. The maximum atomic E-state index is 10.9. The van der Waals surface area contributed by atoms with Gasteiger partial charge in [0.1, 0.15) is 11.6 Å². The summed E-state index contributed by atoms with van der Waals surface area (Å²) in [6.45, 7) is 0. The zero-order valence-electron chi connectivity index (χ0n) is 7.77. The van der Waals surface area contributed by atoms with Crippen LogP contribution in [0.4, 0.5) is 5.82 Å². The van der Waals surface area contributed by atoms with E-state index in [0.717, 1.165) is 0 Å². The second kappa shape index (κ2) is 3.20. The molecule has 0 amide bonds. The number of nitrogens with one attached hydrogen (secondary N) is 1. The summed E-state index contributed by atoms with van der Waals surface area (Å²) in [6, 6.07) is 3.39. The first kappa shape index (κ1) is 9.40. The van der Waals surface area contributed by atoms with E-state index in [4.69, 9.17) is 10.4 Å². The van der Waals surface area contributed by atoms with Crippen LogP contribution < -0.4 is 5.32 Å². The normalized spacial score (nSPS) is 16.5. The molecule has 2 N–H and O–H groups in total. The Bertz CT molecular complexity index is 448. The van der Waals surface area contributed by atoms with Gasteiger partial charge in [-0.05, 0) is 12.8 Å². The summed E-state index contributed by atoms with van der Waals surface area (Å²) in [5, 5.41) is 27.6. The van der Waals surface area contributed by atoms with Crippen molar-refractivity contribution in [1.82, 2.24) is 10.2 Å². The molecule has 1 fully saturated rings. The molecule has 0 aromatic carbocycles. The van der Waals surface area contributed by atoms with Gasteiger partial charge in [0, 0.05) is 6.07 Å². The van der Waals surface area contributed by atoms with Crippen molar-refractivity contribution in [3.63, 3.8) is 0 Å². The predicted molar refractivity (Wildman–Crippen MR) is 50.0 cm³/mol. The number of aliphatic carboxylic acids is 1. The quantitative estimate of drug-likeness (QED) is 0.738. The van der Waals surface area contributed by atoms with E-state index >= 15 is 0 Å². The third-order valence-electron chi connectivity index (χ3n) is 2.31. The molecule has 1 aliphatic rings. The Balaban J connectivity index is 2.18. The Morgan fingerprint density at radius 3 is 2.93 bits per heavy atom. The molecule has 0 saturated heterocycles. The largest absolute Gasteiger partial charge is 0.480 e. The summed E-state index contributed by atoms with van der Waals surface area (Å²) < 4.78 is 0. The molecule has 2 rings (SSSR count). The lowest BCUT2D eigenvalue weighted by molar-refractivity contribution is -0.138. The van der Waals surface area contributed by atoms with Crippen molar-refractivity contribution in [3.05, 3.63) is 17.8 Å². The molecular formula is C9H8N4O2. The summed E-state index contributed by atoms with van der Waals surface area (Å²) in [6.07, 6.45) is 2.47. The van der Waals surface area contributed by atoms with Gasteiger partial charge in [0.25, 0.3) is 0 Å². The van der Waals surface area contributed by atoms with Crippen molar-refractivity contribution < 1.29 is 9.90 Å². The van der Waals surface area contributed by atoms with Crippen LogP contribution in [0.15, 0.2) is 12.3 Å². The number of rotatable bonds is 3. The number of carboxylic acid groups (broad SMARTS) is 1. The fraction of sp³-hybridized carbons (Fsp3) is 0.333. The minimum atomic E-state index is -0.900. The van der Waals surface area contributed by atoms with E-state index in [1.165, 1.54) is 12.3 Å². The topological polar surface area (TPSA) is 98.9 Å². The van der Waals surface area contributed by atoms with Gasteiger partial charge in [-0.2, -0.15) is 10.4 Å². The van der Waals surface area contributed by atoms with Crippen molar-refractivity contribution in [2.24, 2.45) is 0 Å². The van der Waals surface area contributed by atoms with E-state index in [1.54, 1.807) is 0 Å². The minimum absolute atomic E-state index is 0.328. The summed E-state index contributed by atoms with van der Waals surface area (Å²) in [4.78, 5) is 10.9. The van der Waals surface area contributed by atoms with Crippen LogP contribution in [0, 0.1) is 11.3 Å². The van der Waals surface area contributed by atoms with Crippen LogP contribution >= 0.6 is 0 Å². The highest BCUT2D eigenvalue weighted by atomic mass is 16.4. The molecule has 0 atom stereocenters. The highest BCUT2D eigenvalue weighted by Gasteiger charge is 2.50. The Morgan fingerprint density at radius 2 is 2.40 bits per heavy atom. The van der Waals surface area contributed by atoms with Gasteiger partial charge in [-0.3, -0.25) is 0 Å². The first-order valence-corrected chi connectivity index (χ1v) is 4.41. The van der Waals surface area contributed by atoms with E-state index in [0.29, 0.717) is 24.2 Å². The number of hydrogen-bond donors (Lipinski definition) is 2. The molecule has 1 aromatic rings. The molecular weight excluding hydrogens is 196 g/mol. The number of anilines is 1. The average Bonchev–Trinajstić information content (AvgIpc) is 2.99. The smallest absolute Gasteiger partial charge is 0.329 e. The molecule has 0 bridgehead atoms. The molecule has 76 valence electrons. The molecule has 1 aliphatic carbocycles. The summed E-state index contributed by atoms with van der Waals surface area (Å²) in [7, 11) is 0. The standard InChI is InChI=1S/C9H8N4O2/c10-4-6-3-7(13-11-5-6)12-9(1-2-9)8(14)15/h3,5H,1-2H2,(H,12,13)(H,14,15). The highest BCUT2D eigenvalue weighted by molar-refractivity contribution is 5.86. The van der Waals surface area contributed by atoms with Crippen molar-refractivity contribution in [2.45, 2.75) is 18.4 Å². The van der Waals surface area contributed by atoms with Crippen LogP contribution in [0.2, 0.25) is 0 Å². The maximum absolute atomic E-state index is 10.9. The maximum Gasteiger partial charge on any atom is 0.329 e. The second-order valence-electron chi connectivity index (χ2n) is 3.45. The van der Waals surface area contributed by atoms with Crippen molar-refractivity contribution >= 4 is 11.8 Å². The van der Waals surface area contributed by atoms with E-state index < -0.39 is 11.5 Å². The van der Waals surface area contributed by atoms with Crippen LogP contribution in [0.3, 0.4) is 0 Å². The zero-order chi connectivity index (χ0) is 10.9. The molecule has 0 radical (unpaired) electrons. The number of hydrogen-bond acceptors (Lipinski definition) is 5. The van der Waals surface area contributed by atoms with Gasteiger partial charge in [-0.25, -0.2) is 4.79 Å². The lowest BCUT2D eigenvalue weighted by atomic mass is 10.2. The van der Waals surface area contributed by atoms with E-state index in [-0.39, 0.29) is 0 Å². The van der Waals surface area contributed by atoms with Crippen molar-refractivity contribution in [1.29, 1.82) is 5.26 Å². The molecule has 0 unspecified atom stereocenters. The van der Waals surface area contributed by atoms with Gasteiger partial charge >= 0.3 is 5.97 Å². The van der Waals surface area contributed by atoms with Crippen LogP contribution in [-0.4, -0.2) is 26.8 Å². The number of nitriles is 1. The Hall–Kier alpha value is -2.16. The lowest BCUT2D eigenvalue weighted by Gasteiger charge is -2.11. The first-order chi connectivity index (χ1) is 7.16. The molecule has 1 aromatic heterocycles. The Labute approximate surface area is 85.6 Å². The predicted octanol–water partition coefficient (Wildman–Crippen LogP) is 0.377. The van der Waals surface area contributed by atoms with E-state index in [9.17, 15) is 4.79 Å². The third kappa shape index (κ3) is 1.72. The van der Waals surface area contributed by atoms with Crippen LogP contribution in [-0.2, 0) is 4.79 Å². The van der Waals surface area contributed by atoms with E-state index in [2.05, 4.69) is 15.5 Å². The van der Waals surface area contributed by atoms with E-state index in [1.807, 2.05) is 6.07 Å². The fourth-order valence-corrected chi connectivity index (χ4v) is 1.25. The summed E-state index contributed by atoms with van der Waals surface area (Å²) in [5.41, 5.74) is -0.545. The van der Waals surface area contributed by atoms with Gasteiger partial charge in [-0.15, -0.1) is 5.10 Å². The molecule has 0 aliphatic heterocycles. The van der Waals surface area contributed by atoms with Crippen molar-refractivity contribution in [2.75, 3.05) is 5.32 Å². The van der Waals surface area contributed by atoms with Crippen molar-refractivity contribution in [3.8, 4) is 6.07 Å². The first-order valence-electron chi connectivity index (χ1n) is 4.41. The average molecular weight is 204 g/mol. The van der Waals surface area contributed by atoms with Gasteiger partial charge < -0.3 is 10.4 Å². The number of aromatic nitrogens is 2. The van der Waals surface area contributed by atoms with Crippen LogP contribution in [0.5, 0.6) is 0 Å². The molecule has 15 heavy (non-hydrogen) atoms. The van der Waals surface area contributed by atoms with Crippen LogP contribution in [0.25, 0.3) is 0 Å². The molecule has 1 heterocycles. The summed E-state index contributed by atoms with van der Waals surface area (Å²) in [5.74, 6) is -0.569. The minimum Gasteiger partial charge on any atom is -0.480 e. The Kier molecular flexibility index (Phi) is 2.01. The second-order valence-corrected chi connectivity index (χ2v) is 3.45. The molecule has 6 heteroatoms. The van der Waals surface area contributed by atoms with Gasteiger partial charge in [0.2, 0.25) is 0 Å². The van der Waals surface area contributed by atoms with Gasteiger partial charge in [0.05, 0.1) is 11.8 Å². The van der Waals surface area contributed by atoms with Gasteiger partial charge in [-0.1, -0.05) is 0 Å². The highest BCUT2D eigenvalue weighted by Crippen LogP contribution is 2.38. The summed E-state index contributed by atoms with van der Waals surface area (Å²) >= 11 is 0. The molecule has 1 saturated carbocycles. The zero-order valence-corrected chi connectivity index (χ0v) is 7.77. The fourth-order valence-electron chi connectivity index (χ4n) is 1.25. The third-order valence-corrected chi connectivity index (χ3v) is 2.31. The number of nitrogens with zero attached hydrogens (tertiary/aromatic N) is 3. The number of carboxylic acids is 1. The lowest BCUT2D eigenvalue weighted by Crippen LogP contribution is -2.31. The van der Waals surface area contributed by atoms with Gasteiger partial charge in [0.15, 0.2) is 5.82 Å². The Morgan fingerprint density at radius 1 is 1.67 bits per heavy atom. The molecule has 6 nitrogen and oxygen atoms in total.